The van der Waals surface area contributed by atoms with Crippen LogP contribution in [0.5, 0.6) is 0 Å². The molecule has 3 N–H and O–H groups in total. The van der Waals surface area contributed by atoms with Crippen molar-refractivity contribution in [1.29, 1.82) is 0 Å². The summed E-state index contributed by atoms with van der Waals surface area (Å²) in [5.74, 6) is 0.905. The number of carbonyl (C=O) groups is 1. The molecule has 0 spiro atoms. The zero-order valence-electron chi connectivity index (χ0n) is 14.2. The number of amides is 1. The van der Waals surface area contributed by atoms with Gasteiger partial charge >= 0.3 is 0 Å². The highest BCUT2D eigenvalue weighted by molar-refractivity contribution is 5.89. The number of fused-ring (bicyclic) bond motifs is 1. The summed E-state index contributed by atoms with van der Waals surface area (Å²) in [5, 5.41) is 3.14. The van der Waals surface area contributed by atoms with Gasteiger partial charge in [0, 0.05) is 24.0 Å². The Balaban J connectivity index is 1.90. The van der Waals surface area contributed by atoms with Crippen molar-refractivity contribution in [1.82, 2.24) is 5.32 Å². The van der Waals surface area contributed by atoms with E-state index in [1.54, 1.807) is 0 Å². The van der Waals surface area contributed by atoms with Crippen molar-refractivity contribution in [3.63, 3.8) is 0 Å². The van der Waals surface area contributed by atoms with Crippen LogP contribution in [0.1, 0.15) is 60.3 Å². The maximum absolute atomic E-state index is 12.7. The number of hydrogen-bond donors (Lipinski definition) is 2. The first kappa shape index (κ1) is 16.8. The van der Waals surface area contributed by atoms with Crippen molar-refractivity contribution in [3.05, 3.63) is 0 Å². The minimum Gasteiger partial charge on any atom is -0.377 e. The first-order valence-corrected chi connectivity index (χ1v) is 8.42. The quantitative estimate of drug-likeness (QED) is 0.791. The lowest BCUT2D eigenvalue weighted by atomic mass is 9.48. The highest BCUT2D eigenvalue weighted by Crippen LogP contribution is 2.58. The lowest BCUT2D eigenvalue weighted by Crippen LogP contribution is -2.80. The van der Waals surface area contributed by atoms with Gasteiger partial charge in [-0.15, -0.1) is 0 Å². The highest BCUT2D eigenvalue weighted by Gasteiger charge is 2.71. The van der Waals surface area contributed by atoms with Gasteiger partial charge in [0.1, 0.15) is 5.54 Å². The summed E-state index contributed by atoms with van der Waals surface area (Å²) in [4.78, 5) is 12.7. The monoisotopic (exact) mass is 296 g/mol. The van der Waals surface area contributed by atoms with Gasteiger partial charge < -0.3 is 15.8 Å². The van der Waals surface area contributed by atoms with E-state index in [1.165, 1.54) is 6.42 Å². The zero-order chi connectivity index (χ0) is 15.8. The molecule has 4 heteroatoms. The highest BCUT2D eigenvalue weighted by atomic mass is 16.5. The Morgan fingerprint density at radius 3 is 2.62 bits per heavy atom. The summed E-state index contributed by atoms with van der Waals surface area (Å²) in [5.41, 5.74) is 5.48. The van der Waals surface area contributed by atoms with E-state index < -0.39 is 5.54 Å². The van der Waals surface area contributed by atoms with Gasteiger partial charge in [0.15, 0.2) is 0 Å². The predicted octanol–water partition coefficient (Wildman–Crippen LogP) is 2.46. The molecule has 122 valence electrons. The minimum absolute atomic E-state index is 0.0105. The average Bonchev–Trinajstić information content (AvgIpc) is 2.85. The molecule has 2 rings (SSSR count). The topological polar surface area (TPSA) is 64.4 Å². The molecule has 1 heterocycles. The number of rotatable bonds is 6. The second-order valence-electron chi connectivity index (χ2n) is 7.98. The number of nitrogens with two attached hydrogens (primary N) is 1. The molecule has 1 saturated carbocycles. The van der Waals surface area contributed by atoms with Crippen molar-refractivity contribution in [2.75, 3.05) is 6.61 Å². The maximum Gasteiger partial charge on any atom is 0.241 e. The molecule has 1 saturated heterocycles. The molecule has 2 fully saturated rings. The Kier molecular flexibility index (Phi) is 4.69. The fourth-order valence-corrected chi connectivity index (χ4v) is 4.09. The summed E-state index contributed by atoms with van der Waals surface area (Å²) in [6.07, 6.45) is 4.42. The lowest BCUT2D eigenvalue weighted by Gasteiger charge is -2.60. The fourth-order valence-electron chi connectivity index (χ4n) is 4.09. The molecule has 2 aliphatic rings. The Hall–Kier alpha value is -0.610. The van der Waals surface area contributed by atoms with Gasteiger partial charge in [-0.25, -0.2) is 0 Å². The summed E-state index contributed by atoms with van der Waals surface area (Å²) < 4.78 is 5.75. The molecule has 0 aromatic rings. The van der Waals surface area contributed by atoms with Crippen LogP contribution < -0.4 is 11.1 Å². The van der Waals surface area contributed by atoms with Gasteiger partial charge in [-0.05, 0) is 25.7 Å². The predicted molar refractivity (Wildman–Crippen MR) is 84.8 cm³/mol. The van der Waals surface area contributed by atoms with Crippen LogP contribution in [0.25, 0.3) is 0 Å². The van der Waals surface area contributed by atoms with Crippen LogP contribution in [0.4, 0.5) is 0 Å². The van der Waals surface area contributed by atoms with Crippen LogP contribution in [0, 0.1) is 17.3 Å². The molecule has 0 bridgehead atoms. The van der Waals surface area contributed by atoms with Crippen LogP contribution in [0.15, 0.2) is 0 Å². The van der Waals surface area contributed by atoms with Crippen molar-refractivity contribution >= 4 is 5.91 Å². The normalized spacial score (nSPS) is 35.2. The van der Waals surface area contributed by atoms with Gasteiger partial charge in [-0.1, -0.05) is 40.5 Å². The zero-order valence-corrected chi connectivity index (χ0v) is 14.2. The molecule has 0 aromatic heterocycles. The second-order valence-corrected chi connectivity index (χ2v) is 7.98. The Morgan fingerprint density at radius 1 is 1.33 bits per heavy atom. The summed E-state index contributed by atoms with van der Waals surface area (Å²) in [7, 11) is 0. The van der Waals surface area contributed by atoms with Gasteiger partial charge in [-0.3, -0.25) is 4.79 Å². The molecule has 21 heavy (non-hydrogen) atoms. The standard InChI is InChI=1S/C17H32N2O2/c1-11(2)7-6-8-12(3)19-15(20)17(18)13-9-10-21-14(13)16(17,4)5/h11-14H,6-10,18H2,1-5H3,(H,19,20). The third-order valence-electron chi connectivity index (χ3n) is 5.63. The van der Waals surface area contributed by atoms with Crippen molar-refractivity contribution in [3.8, 4) is 0 Å². The lowest BCUT2D eigenvalue weighted by molar-refractivity contribution is -0.175. The smallest absolute Gasteiger partial charge is 0.241 e. The molecule has 1 aliphatic heterocycles. The summed E-state index contributed by atoms with van der Waals surface area (Å²) in [6, 6.07) is 0.189. The van der Waals surface area contributed by atoms with Gasteiger partial charge in [0.05, 0.1) is 6.10 Å². The van der Waals surface area contributed by atoms with Crippen molar-refractivity contribution in [2.45, 2.75) is 78.0 Å². The second kappa shape index (κ2) is 5.88. The van der Waals surface area contributed by atoms with E-state index in [1.807, 2.05) is 0 Å². The van der Waals surface area contributed by atoms with Crippen molar-refractivity contribution < 1.29 is 9.53 Å². The average molecular weight is 296 g/mol. The van der Waals surface area contributed by atoms with Crippen LogP contribution in [0.2, 0.25) is 0 Å². The van der Waals surface area contributed by atoms with Crippen LogP contribution in [-0.2, 0) is 9.53 Å². The number of nitrogens with one attached hydrogen (secondary N) is 1. The van der Waals surface area contributed by atoms with Gasteiger partial charge in [0.25, 0.3) is 0 Å². The van der Waals surface area contributed by atoms with Crippen LogP contribution in [0.3, 0.4) is 0 Å². The van der Waals surface area contributed by atoms with Gasteiger partial charge in [-0.2, -0.15) is 0 Å². The van der Waals surface area contributed by atoms with E-state index in [-0.39, 0.29) is 29.4 Å². The Morgan fingerprint density at radius 2 is 2.00 bits per heavy atom. The van der Waals surface area contributed by atoms with E-state index >= 15 is 0 Å². The molecule has 4 unspecified atom stereocenters. The van der Waals surface area contributed by atoms with E-state index in [4.69, 9.17) is 10.5 Å². The fraction of sp³-hybridized carbons (Fsp3) is 0.941. The largest absolute Gasteiger partial charge is 0.377 e. The van der Waals surface area contributed by atoms with E-state index in [0.717, 1.165) is 31.8 Å². The third-order valence-corrected chi connectivity index (χ3v) is 5.63. The van der Waals surface area contributed by atoms with Crippen molar-refractivity contribution in [2.24, 2.45) is 23.0 Å². The van der Waals surface area contributed by atoms with E-state index in [9.17, 15) is 4.79 Å². The Labute approximate surface area is 129 Å². The Bertz CT molecular complexity index is 394. The minimum atomic E-state index is -0.777. The molecule has 4 atom stereocenters. The molecular formula is C17H32N2O2. The molecule has 4 nitrogen and oxygen atoms in total. The number of hydrogen-bond acceptors (Lipinski definition) is 3. The molecule has 1 amide bonds. The first-order chi connectivity index (χ1) is 9.71. The molecular weight excluding hydrogens is 264 g/mol. The van der Waals surface area contributed by atoms with Gasteiger partial charge in [0.2, 0.25) is 5.91 Å². The van der Waals surface area contributed by atoms with E-state index in [0.29, 0.717) is 0 Å². The van der Waals surface area contributed by atoms with Crippen LogP contribution >= 0.6 is 0 Å². The summed E-state index contributed by atoms with van der Waals surface area (Å²) >= 11 is 0. The molecule has 0 aromatic carbocycles. The molecule has 1 aliphatic carbocycles. The maximum atomic E-state index is 12.7. The first-order valence-electron chi connectivity index (χ1n) is 8.42. The SMILES string of the molecule is CC(C)CCCC(C)NC(=O)C1(N)C2CCOC2C1(C)C. The number of ether oxygens (including phenoxy) is 1. The molecule has 0 radical (unpaired) electrons. The number of carbonyl (C=O) groups excluding carboxylic acids is 1. The summed E-state index contributed by atoms with van der Waals surface area (Å²) in [6.45, 7) is 11.4. The van der Waals surface area contributed by atoms with Crippen LogP contribution in [-0.4, -0.2) is 30.2 Å². The van der Waals surface area contributed by atoms with E-state index in [2.05, 4.69) is 39.9 Å². The third kappa shape index (κ3) is 2.72.